The Balaban J connectivity index is 2.29. The van der Waals surface area contributed by atoms with Crippen molar-refractivity contribution in [3.63, 3.8) is 0 Å². The summed E-state index contributed by atoms with van der Waals surface area (Å²) in [5.41, 5.74) is 0. The Kier molecular flexibility index (Phi) is 5.22. The van der Waals surface area contributed by atoms with E-state index in [4.69, 9.17) is 4.18 Å². The Morgan fingerprint density at radius 3 is 1.36 bits per heavy atom. The highest BCUT2D eigenvalue weighted by molar-refractivity contribution is 8.30. The molecule has 1 unspecified atom stereocenters. The summed E-state index contributed by atoms with van der Waals surface area (Å²) in [5, 5.41) is 9.76. The minimum atomic E-state index is -2.29. The van der Waals surface area contributed by atoms with Crippen LogP contribution in [0.5, 0.6) is 0 Å². The Morgan fingerprint density at radius 2 is 1.08 bits per heavy atom. The average molecular weight is 352 g/mol. The van der Waals surface area contributed by atoms with Gasteiger partial charge >= 0.3 is 5.97 Å². The molecule has 0 aromatic heterocycles. The smallest absolute Gasteiger partial charge is 0.345 e. The summed E-state index contributed by atoms with van der Waals surface area (Å²) in [4.78, 5) is 15.1. The molecule has 0 heterocycles. The number of benzene rings is 3. The average Bonchev–Trinajstić information content (AvgIpc) is 2.68. The van der Waals surface area contributed by atoms with E-state index in [1.54, 1.807) is 0 Å². The van der Waals surface area contributed by atoms with Gasteiger partial charge in [-0.3, -0.25) is 0 Å². The molecule has 25 heavy (non-hydrogen) atoms. The van der Waals surface area contributed by atoms with Crippen molar-refractivity contribution in [1.29, 1.82) is 0 Å². The SMILES string of the molecule is CC(O)C(=O)OS(c1ccccc1)(c1ccccc1)c1ccccc1. The quantitative estimate of drug-likeness (QED) is 0.717. The summed E-state index contributed by atoms with van der Waals surface area (Å²) < 4.78 is 6.05. The third-order valence-corrected chi connectivity index (χ3v) is 7.00. The first-order valence-electron chi connectivity index (χ1n) is 8.04. The summed E-state index contributed by atoms with van der Waals surface area (Å²) in [6.07, 6.45) is -1.19. The number of hydrogen-bond donors (Lipinski definition) is 1. The van der Waals surface area contributed by atoms with Crippen molar-refractivity contribution >= 4 is 16.3 Å². The lowest BCUT2D eigenvalue weighted by Gasteiger charge is -2.40. The highest BCUT2D eigenvalue weighted by Gasteiger charge is 2.36. The van der Waals surface area contributed by atoms with Gasteiger partial charge in [-0.25, -0.2) is 4.79 Å². The van der Waals surface area contributed by atoms with Gasteiger partial charge in [-0.1, -0.05) is 54.6 Å². The van der Waals surface area contributed by atoms with Crippen LogP contribution in [-0.4, -0.2) is 17.2 Å². The number of carbonyl (C=O) groups is 1. The lowest BCUT2D eigenvalue weighted by molar-refractivity contribution is -0.141. The van der Waals surface area contributed by atoms with Gasteiger partial charge in [0.05, 0.1) is 0 Å². The van der Waals surface area contributed by atoms with E-state index in [2.05, 4.69) is 0 Å². The zero-order chi connectivity index (χ0) is 17.7. The van der Waals surface area contributed by atoms with Crippen LogP contribution in [0.15, 0.2) is 106 Å². The number of rotatable bonds is 5. The van der Waals surface area contributed by atoms with Gasteiger partial charge in [-0.15, -0.1) is 0 Å². The molecule has 3 aromatic carbocycles. The van der Waals surface area contributed by atoms with Crippen LogP contribution in [0.2, 0.25) is 0 Å². The first kappa shape index (κ1) is 17.3. The molecule has 128 valence electrons. The van der Waals surface area contributed by atoms with Gasteiger partial charge in [0.25, 0.3) is 0 Å². The molecule has 3 aromatic rings. The summed E-state index contributed by atoms with van der Waals surface area (Å²) in [6, 6.07) is 29.1. The molecule has 0 aliphatic carbocycles. The lowest BCUT2D eigenvalue weighted by Crippen LogP contribution is -2.22. The molecule has 0 radical (unpaired) electrons. The van der Waals surface area contributed by atoms with Crippen molar-refractivity contribution in [3.8, 4) is 0 Å². The van der Waals surface area contributed by atoms with E-state index in [9.17, 15) is 9.90 Å². The molecule has 0 saturated heterocycles. The van der Waals surface area contributed by atoms with Crippen molar-refractivity contribution < 1.29 is 14.1 Å². The standard InChI is InChI=1S/C21H20O3S/c1-17(22)21(23)24-25(18-11-5-2-6-12-18,19-13-7-3-8-14-19)20-15-9-4-10-16-20/h2-17,22H,1H3. The van der Waals surface area contributed by atoms with Crippen LogP contribution in [-0.2, 0) is 8.98 Å². The van der Waals surface area contributed by atoms with Crippen molar-refractivity contribution in [3.05, 3.63) is 91.0 Å². The van der Waals surface area contributed by atoms with Crippen LogP contribution in [0.1, 0.15) is 6.92 Å². The fourth-order valence-electron chi connectivity index (χ4n) is 2.58. The van der Waals surface area contributed by atoms with E-state index >= 15 is 0 Å². The van der Waals surface area contributed by atoms with Crippen molar-refractivity contribution in [2.45, 2.75) is 27.7 Å². The molecular formula is C21H20O3S. The first-order valence-corrected chi connectivity index (χ1v) is 9.60. The Hall–Kier alpha value is -2.56. The van der Waals surface area contributed by atoms with E-state index in [0.29, 0.717) is 0 Å². The minimum Gasteiger partial charge on any atom is -0.400 e. The second kappa shape index (κ2) is 7.55. The number of aliphatic hydroxyl groups excluding tert-OH is 1. The van der Waals surface area contributed by atoms with Gasteiger partial charge in [0, 0.05) is 14.7 Å². The maximum Gasteiger partial charge on any atom is 0.345 e. The van der Waals surface area contributed by atoms with Crippen LogP contribution >= 0.6 is 10.3 Å². The molecule has 4 heteroatoms. The van der Waals surface area contributed by atoms with Gasteiger partial charge in [0.15, 0.2) is 0 Å². The van der Waals surface area contributed by atoms with Crippen LogP contribution in [0.4, 0.5) is 0 Å². The van der Waals surface area contributed by atoms with Crippen LogP contribution in [0.25, 0.3) is 0 Å². The van der Waals surface area contributed by atoms with Gasteiger partial charge in [0.1, 0.15) is 6.10 Å². The van der Waals surface area contributed by atoms with Crippen molar-refractivity contribution in [2.24, 2.45) is 0 Å². The highest BCUT2D eigenvalue weighted by atomic mass is 32.3. The van der Waals surface area contributed by atoms with Crippen molar-refractivity contribution in [1.82, 2.24) is 0 Å². The third-order valence-electron chi connectivity index (χ3n) is 3.77. The molecule has 3 rings (SSSR count). The Labute approximate surface area is 149 Å². The molecule has 1 N–H and O–H groups in total. The molecular weight excluding hydrogens is 332 g/mol. The summed E-state index contributed by atoms with van der Waals surface area (Å²) in [6.45, 7) is 1.42. The van der Waals surface area contributed by atoms with E-state index in [1.807, 2.05) is 91.0 Å². The largest absolute Gasteiger partial charge is 0.400 e. The maximum absolute atomic E-state index is 12.4. The normalized spacial score (nSPS) is 13.0. The molecule has 0 fully saturated rings. The second-order valence-corrected chi connectivity index (χ2v) is 8.27. The van der Waals surface area contributed by atoms with E-state index in [-0.39, 0.29) is 0 Å². The number of hydrogen-bond acceptors (Lipinski definition) is 3. The maximum atomic E-state index is 12.4. The van der Waals surface area contributed by atoms with E-state index in [1.165, 1.54) is 6.92 Å². The van der Waals surface area contributed by atoms with Gasteiger partial charge < -0.3 is 9.29 Å². The summed E-state index contributed by atoms with van der Waals surface area (Å²) >= 11 is 0. The van der Waals surface area contributed by atoms with Crippen LogP contribution in [0, 0.1) is 0 Å². The van der Waals surface area contributed by atoms with E-state index < -0.39 is 22.4 Å². The monoisotopic (exact) mass is 352 g/mol. The fourth-order valence-corrected chi connectivity index (χ4v) is 5.69. The van der Waals surface area contributed by atoms with Gasteiger partial charge in [-0.2, -0.15) is 0 Å². The zero-order valence-electron chi connectivity index (χ0n) is 13.9. The summed E-state index contributed by atoms with van der Waals surface area (Å²) in [7, 11) is -2.29. The molecule has 0 spiro atoms. The molecule has 0 bridgehead atoms. The first-order chi connectivity index (χ1) is 12.1. The highest BCUT2D eigenvalue weighted by Crippen LogP contribution is 2.69. The zero-order valence-corrected chi connectivity index (χ0v) is 14.7. The molecule has 0 amide bonds. The predicted octanol–water partition coefficient (Wildman–Crippen LogP) is 4.81. The van der Waals surface area contributed by atoms with Crippen LogP contribution < -0.4 is 0 Å². The third kappa shape index (κ3) is 3.45. The summed E-state index contributed by atoms with van der Waals surface area (Å²) in [5.74, 6) is -0.633. The second-order valence-electron chi connectivity index (χ2n) is 5.57. The minimum absolute atomic E-state index is 0.633. The van der Waals surface area contributed by atoms with Crippen molar-refractivity contribution in [2.75, 3.05) is 0 Å². The fraction of sp³-hybridized carbons (Fsp3) is 0.0952. The predicted molar refractivity (Wildman–Crippen MR) is 99.5 cm³/mol. The van der Waals surface area contributed by atoms with Gasteiger partial charge in [0.2, 0.25) is 0 Å². The van der Waals surface area contributed by atoms with Crippen LogP contribution in [0.3, 0.4) is 0 Å². The molecule has 0 aliphatic rings. The topological polar surface area (TPSA) is 46.5 Å². The Bertz CT molecular complexity index is 721. The number of carbonyl (C=O) groups excluding carboxylic acids is 1. The lowest BCUT2D eigenvalue weighted by atomic mass is 10.4. The van der Waals surface area contributed by atoms with Gasteiger partial charge in [-0.05, 0) is 53.6 Å². The molecule has 0 aliphatic heterocycles. The molecule has 1 atom stereocenters. The molecule has 0 saturated carbocycles. The Morgan fingerprint density at radius 1 is 0.760 bits per heavy atom. The molecule has 3 nitrogen and oxygen atoms in total. The number of aliphatic hydroxyl groups is 1. The van der Waals surface area contributed by atoms with E-state index in [0.717, 1.165) is 14.7 Å².